The van der Waals surface area contributed by atoms with E-state index in [9.17, 15) is 0 Å². The maximum atomic E-state index is 8.64. The van der Waals surface area contributed by atoms with Gasteiger partial charge in [-0.1, -0.05) is 6.07 Å². The molecule has 0 saturated carbocycles. The topological polar surface area (TPSA) is 50.7 Å². The molecule has 0 atom stereocenters. The standard InChI is InChI=1S/C11H17NO3.ClH/c1-14-10-4-3-9(8-12-5-6-13)11(7-10)15-2;/h3-4,7,12-13H,5-6,8H2,1-2H3;1H. The molecule has 0 aliphatic carbocycles. The Labute approximate surface area is 102 Å². The molecule has 0 amide bonds. The lowest BCUT2D eigenvalue weighted by Crippen LogP contribution is -2.17. The highest BCUT2D eigenvalue weighted by atomic mass is 35.5. The highest BCUT2D eigenvalue weighted by molar-refractivity contribution is 5.85. The lowest BCUT2D eigenvalue weighted by Gasteiger charge is -2.10. The molecule has 2 N–H and O–H groups in total. The first-order valence-corrected chi connectivity index (χ1v) is 4.84. The Morgan fingerprint density at radius 1 is 1.25 bits per heavy atom. The second-order valence-corrected chi connectivity index (χ2v) is 3.08. The number of aliphatic hydroxyl groups excluding tert-OH is 1. The first kappa shape index (κ1) is 15.0. The lowest BCUT2D eigenvalue weighted by molar-refractivity contribution is 0.291. The molecule has 0 bridgehead atoms. The van der Waals surface area contributed by atoms with Crippen LogP contribution in [0.3, 0.4) is 0 Å². The van der Waals surface area contributed by atoms with Crippen LogP contribution in [0.4, 0.5) is 0 Å². The first-order chi connectivity index (χ1) is 7.31. The predicted octanol–water partition coefficient (Wildman–Crippen LogP) is 1.21. The monoisotopic (exact) mass is 247 g/mol. The highest BCUT2D eigenvalue weighted by Gasteiger charge is 2.03. The van der Waals surface area contributed by atoms with Crippen LogP contribution in [-0.4, -0.2) is 32.5 Å². The van der Waals surface area contributed by atoms with Crippen LogP contribution in [0.1, 0.15) is 5.56 Å². The van der Waals surface area contributed by atoms with Crippen molar-refractivity contribution in [1.29, 1.82) is 0 Å². The van der Waals surface area contributed by atoms with Gasteiger partial charge >= 0.3 is 0 Å². The molecule has 0 radical (unpaired) electrons. The second-order valence-electron chi connectivity index (χ2n) is 3.08. The first-order valence-electron chi connectivity index (χ1n) is 4.84. The van der Waals surface area contributed by atoms with Crippen LogP contribution in [0.2, 0.25) is 0 Å². The number of methoxy groups -OCH3 is 2. The van der Waals surface area contributed by atoms with Crippen molar-refractivity contribution < 1.29 is 14.6 Å². The van der Waals surface area contributed by atoms with Gasteiger partial charge in [0.2, 0.25) is 0 Å². The van der Waals surface area contributed by atoms with Gasteiger partial charge in [-0.3, -0.25) is 0 Å². The Kier molecular flexibility index (Phi) is 7.72. The molecule has 0 spiro atoms. The summed E-state index contributed by atoms with van der Waals surface area (Å²) in [6, 6.07) is 5.68. The number of nitrogens with one attached hydrogen (secondary N) is 1. The van der Waals surface area contributed by atoms with Gasteiger partial charge < -0.3 is 19.9 Å². The quantitative estimate of drug-likeness (QED) is 0.742. The molecule has 0 unspecified atom stereocenters. The van der Waals surface area contributed by atoms with Gasteiger partial charge in [0, 0.05) is 24.7 Å². The summed E-state index contributed by atoms with van der Waals surface area (Å²) in [5, 5.41) is 11.7. The third-order valence-electron chi connectivity index (χ3n) is 2.10. The van der Waals surface area contributed by atoms with E-state index in [2.05, 4.69) is 5.32 Å². The average Bonchev–Trinajstić information content (AvgIpc) is 2.29. The molecule has 0 aromatic heterocycles. The molecule has 0 aliphatic rings. The summed E-state index contributed by atoms with van der Waals surface area (Å²) >= 11 is 0. The van der Waals surface area contributed by atoms with Gasteiger partial charge in [-0.2, -0.15) is 0 Å². The summed E-state index contributed by atoms with van der Waals surface area (Å²) in [5.74, 6) is 1.57. The minimum atomic E-state index is 0. The van der Waals surface area contributed by atoms with Crippen molar-refractivity contribution in [3.63, 3.8) is 0 Å². The van der Waals surface area contributed by atoms with Crippen molar-refractivity contribution in [1.82, 2.24) is 5.32 Å². The van der Waals surface area contributed by atoms with Gasteiger partial charge in [-0.05, 0) is 6.07 Å². The Morgan fingerprint density at radius 3 is 2.56 bits per heavy atom. The summed E-state index contributed by atoms with van der Waals surface area (Å²) in [6.07, 6.45) is 0. The number of aliphatic hydroxyl groups is 1. The number of benzene rings is 1. The average molecular weight is 248 g/mol. The molecule has 0 aliphatic heterocycles. The van der Waals surface area contributed by atoms with Gasteiger partial charge in [0.15, 0.2) is 0 Å². The lowest BCUT2D eigenvalue weighted by atomic mass is 10.2. The molecule has 1 aromatic rings. The van der Waals surface area contributed by atoms with E-state index in [4.69, 9.17) is 14.6 Å². The van der Waals surface area contributed by atoms with Crippen LogP contribution in [0.25, 0.3) is 0 Å². The highest BCUT2D eigenvalue weighted by Crippen LogP contribution is 2.24. The van der Waals surface area contributed by atoms with E-state index in [1.165, 1.54) is 0 Å². The van der Waals surface area contributed by atoms with E-state index in [0.717, 1.165) is 17.1 Å². The fourth-order valence-electron chi connectivity index (χ4n) is 1.30. The van der Waals surface area contributed by atoms with Crippen molar-refractivity contribution in [3.8, 4) is 11.5 Å². The van der Waals surface area contributed by atoms with Crippen LogP contribution in [0, 0.1) is 0 Å². The normalized spacial score (nSPS) is 9.44. The van der Waals surface area contributed by atoms with Crippen molar-refractivity contribution >= 4 is 12.4 Å². The van der Waals surface area contributed by atoms with Crippen LogP contribution in [-0.2, 0) is 6.54 Å². The minimum absolute atomic E-state index is 0. The second kappa shape index (κ2) is 8.21. The number of rotatable bonds is 6. The summed E-state index contributed by atoms with van der Waals surface area (Å²) in [5.41, 5.74) is 1.05. The smallest absolute Gasteiger partial charge is 0.127 e. The van der Waals surface area contributed by atoms with Crippen LogP contribution < -0.4 is 14.8 Å². The Balaban J connectivity index is 0.00000225. The molecular formula is C11H18ClNO3. The van der Waals surface area contributed by atoms with E-state index >= 15 is 0 Å². The summed E-state index contributed by atoms with van der Waals surface area (Å²) in [4.78, 5) is 0. The fraction of sp³-hybridized carbons (Fsp3) is 0.455. The van der Waals surface area contributed by atoms with Crippen molar-refractivity contribution in [2.75, 3.05) is 27.4 Å². The number of ether oxygens (including phenoxy) is 2. The summed E-state index contributed by atoms with van der Waals surface area (Å²) < 4.78 is 10.3. The maximum absolute atomic E-state index is 8.64. The van der Waals surface area contributed by atoms with E-state index in [1.807, 2.05) is 18.2 Å². The zero-order chi connectivity index (χ0) is 11.1. The van der Waals surface area contributed by atoms with Crippen molar-refractivity contribution in [2.45, 2.75) is 6.54 Å². The van der Waals surface area contributed by atoms with E-state index in [-0.39, 0.29) is 19.0 Å². The molecule has 1 aromatic carbocycles. The number of hydrogen-bond donors (Lipinski definition) is 2. The fourth-order valence-corrected chi connectivity index (χ4v) is 1.30. The van der Waals surface area contributed by atoms with E-state index < -0.39 is 0 Å². The third-order valence-corrected chi connectivity index (χ3v) is 2.10. The van der Waals surface area contributed by atoms with Crippen molar-refractivity contribution in [2.24, 2.45) is 0 Å². The number of halogens is 1. The molecule has 92 valence electrons. The van der Waals surface area contributed by atoms with E-state index in [0.29, 0.717) is 13.1 Å². The Hall–Kier alpha value is -0.970. The largest absolute Gasteiger partial charge is 0.497 e. The third kappa shape index (κ3) is 4.26. The molecule has 5 heteroatoms. The van der Waals surface area contributed by atoms with Gasteiger partial charge in [0.1, 0.15) is 11.5 Å². The molecule has 1 rings (SSSR count). The number of hydrogen-bond acceptors (Lipinski definition) is 4. The summed E-state index contributed by atoms with van der Waals surface area (Å²) in [7, 11) is 3.25. The SMILES string of the molecule is COc1ccc(CNCCO)c(OC)c1.Cl. The summed E-state index contributed by atoms with van der Waals surface area (Å²) in [6.45, 7) is 1.39. The predicted molar refractivity (Wildman–Crippen MR) is 65.6 cm³/mol. The maximum Gasteiger partial charge on any atom is 0.127 e. The van der Waals surface area contributed by atoms with E-state index in [1.54, 1.807) is 14.2 Å². The van der Waals surface area contributed by atoms with Crippen molar-refractivity contribution in [3.05, 3.63) is 23.8 Å². The van der Waals surface area contributed by atoms with Gasteiger partial charge in [-0.15, -0.1) is 12.4 Å². The zero-order valence-corrected chi connectivity index (χ0v) is 10.3. The van der Waals surface area contributed by atoms with Gasteiger partial charge in [0.25, 0.3) is 0 Å². The molecule has 0 saturated heterocycles. The minimum Gasteiger partial charge on any atom is -0.497 e. The zero-order valence-electron chi connectivity index (χ0n) is 9.53. The van der Waals surface area contributed by atoms with Crippen LogP contribution >= 0.6 is 12.4 Å². The molecule has 4 nitrogen and oxygen atoms in total. The van der Waals surface area contributed by atoms with Crippen LogP contribution in [0.5, 0.6) is 11.5 Å². The molecule has 16 heavy (non-hydrogen) atoms. The van der Waals surface area contributed by atoms with Crippen LogP contribution in [0.15, 0.2) is 18.2 Å². The Bertz CT molecular complexity index is 307. The molecule has 0 heterocycles. The molecule has 0 fully saturated rings. The van der Waals surface area contributed by atoms with Gasteiger partial charge in [-0.25, -0.2) is 0 Å². The molecular weight excluding hydrogens is 230 g/mol. The van der Waals surface area contributed by atoms with Gasteiger partial charge in [0.05, 0.1) is 20.8 Å². The Morgan fingerprint density at radius 2 is 2.00 bits per heavy atom.